The molecule has 0 spiro atoms. The molecule has 2 aliphatic rings. The van der Waals surface area contributed by atoms with E-state index >= 15 is 0 Å². The third-order valence-electron chi connectivity index (χ3n) is 5.19. The van der Waals surface area contributed by atoms with Gasteiger partial charge in [-0.3, -0.25) is 0 Å². The molecule has 3 rings (SSSR count). The van der Waals surface area contributed by atoms with Gasteiger partial charge >= 0.3 is 0 Å². The average molecular weight is 374 g/mol. The molecule has 27 heavy (non-hydrogen) atoms. The van der Waals surface area contributed by atoms with Crippen LogP contribution in [0.25, 0.3) is 0 Å². The van der Waals surface area contributed by atoms with Gasteiger partial charge in [0, 0.05) is 37.9 Å². The van der Waals surface area contributed by atoms with Gasteiger partial charge in [-0.15, -0.1) is 0 Å². The molecule has 1 saturated heterocycles. The molecule has 0 aromatic carbocycles. The molecule has 2 heterocycles. The van der Waals surface area contributed by atoms with Crippen LogP contribution in [0.2, 0.25) is 0 Å². The molecule has 0 unspecified atom stereocenters. The van der Waals surface area contributed by atoms with Crippen LogP contribution in [0.15, 0.2) is 23.3 Å². The van der Waals surface area contributed by atoms with E-state index in [-0.39, 0.29) is 0 Å². The third kappa shape index (κ3) is 7.01. The predicted molar refractivity (Wildman–Crippen MR) is 110 cm³/mol. The fourth-order valence-corrected chi connectivity index (χ4v) is 3.38. The summed E-state index contributed by atoms with van der Waals surface area (Å²) >= 11 is 0. The first kappa shape index (κ1) is 19.9. The van der Waals surface area contributed by atoms with E-state index in [4.69, 9.17) is 9.73 Å². The van der Waals surface area contributed by atoms with E-state index in [9.17, 15) is 0 Å². The van der Waals surface area contributed by atoms with Gasteiger partial charge in [0.15, 0.2) is 5.96 Å². The van der Waals surface area contributed by atoms with Crippen LogP contribution in [0.3, 0.4) is 0 Å². The van der Waals surface area contributed by atoms with Crippen LogP contribution >= 0.6 is 0 Å². The maximum absolute atomic E-state index is 5.70. The first-order chi connectivity index (χ1) is 13.3. The molecule has 1 saturated carbocycles. The zero-order chi connectivity index (χ0) is 18.9. The lowest BCUT2D eigenvalue weighted by molar-refractivity contribution is 0.206. The van der Waals surface area contributed by atoms with E-state index in [1.165, 1.54) is 51.7 Å². The third-order valence-corrected chi connectivity index (χ3v) is 5.19. The van der Waals surface area contributed by atoms with E-state index in [0.29, 0.717) is 12.6 Å². The van der Waals surface area contributed by atoms with E-state index in [1.54, 1.807) is 0 Å². The predicted octanol–water partition coefficient (Wildman–Crippen LogP) is 2.80. The van der Waals surface area contributed by atoms with Crippen LogP contribution in [-0.2, 0) is 6.54 Å². The number of hydrogen-bond donors (Lipinski definition) is 2. The summed E-state index contributed by atoms with van der Waals surface area (Å²) in [6.45, 7) is 10.2. The summed E-state index contributed by atoms with van der Waals surface area (Å²) in [5, 5.41) is 6.98. The zero-order valence-corrected chi connectivity index (χ0v) is 16.9. The number of rotatable bonds is 9. The Kier molecular flexibility index (Phi) is 7.75. The number of nitrogens with one attached hydrogen (secondary N) is 2. The first-order valence-electron chi connectivity index (χ1n) is 10.6. The largest absolute Gasteiger partial charge is 0.477 e. The van der Waals surface area contributed by atoms with Crippen molar-refractivity contribution in [2.75, 3.05) is 32.8 Å². The molecule has 1 aliphatic heterocycles. The van der Waals surface area contributed by atoms with Crippen LogP contribution in [0, 0.1) is 5.92 Å². The Labute approximate surface area is 163 Å². The Bertz CT molecular complexity index is 577. The quantitative estimate of drug-likeness (QED) is 0.515. The molecule has 0 atom stereocenters. The SMILES string of the molecule is CCCN1CCC(NC(=NCc2ccc(OCC3CC3)nc2)NCC)CC1. The summed E-state index contributed by atoms with van der Waals surface area (Å²) in [6.07, 6.45) is 8.06. The molecule has 6 heteroatoms. The van der Waals surface area contributed by atoms with Gasteiger partial charge < -0.3 is 20.3 Å². The second-order valence-corrected chi connectivity index (χ2v) is 7.71. The van der Waals surface area contributed by atoms with Gasteiger partial charge in [0.2, 0.25) is 5.88 Å². The number of likely N-dealkylation sites (tertiary alicyclic amines) is 1. The topological polar surface area (TPSA) is 61.8 Å². The molecule has 0 amide bonds. The van der Waals surface area contributed by atoms with Gasteiger partial charge in [0.25, 0.3) is 0 Å². The number of aromatic nitrogens is 1. The van der Waals surface area contributed by atoms with E-state index in [1.807, 2.05) is 12.3 Å². The minimum absolute atomic E-state index is 0.507. The number of piperidine rings is 1. The average Bonchev–Trinajstić information content (AvgIpc) is 3.52. The lowest BCUT2D eigenvalue weighted by Crippen LogP contribution is -2.48. The number of pyridine rings is 1. The normalized spacial score (nSPS) is 19.1. The lowest BCUT2D eigenvalue weighted by Gasteiger charge is -2.32. The maximum atomic E-state index is 5.70. The second-order valence-electron chi connectivity index (χ2n) is 7.71. The highest BCUT2D eigenvalue weighted by Gasteiger charge is 2.22. The van der Waals surface area contributed by atoms with Crippen LogP contribution in [0.5, 0.6) is 5.88 Å². The highest BCUT2D eigenvalue weighted by molar-refractivity contribution is 5.80. The molecule has 2 fully saturated rings. The summed E-state index contributed by atoms with van der Waals surface area (Å²) in [5.41, 5.74) is 1.10. The Morgan fingerprint density at radius 1 is 1.22 bits per heavy atom. The second kappa shape index (κ2) is 10.5. The number of aliphatic imine (C=N–C) groups is 1. The Balaban J connectivity index is 1.46. The summed E-state index contributed by atoms with van der Waals surface area (Å²) in [7, 11) is 0. The Morgan fingerprint density at radius 3 is 2.67 bits per heavy atom. The minimum Gasteiger partial charge on any atom is -0.477 e. The smallest absolute Gasteiger partial charge is 0.213 e. The number of hydrogen-bond acceptors (Lipinski definition) is 4. The van der Waals surface area contributed by atoms with E-state index < -0.39 is 0 Å². The maximum Gasteiger partial charge on any atom is 0.213 e. The van der Waals surface area contributed by atoms with Crippen LogP contribution in [0.4, 0.5) is 0 Å². The van der Waals surface area contributed by atoms with Crippen molar-refractivity contribution in [3.8, 4) is 5.88 Å². The summed E-state index contributed by atoms with van der Waals surface area (Å²) in [6, 6.07) is 4.52. The van der Waals surface area contributed by atoms with Crippen LogP contribution in [0.1, 0.15) is 51.5 Å². The minimum atomic E-state index is 0.507. The number of guanidine groups is 1. The van der Waals surface area contributed by atoms with Gasteiger partial charge in [0.1, 0.15) is 0 Å². The molecule has 2 N–H and O–H groups in total. The van der Waals surface area contributed by atoms with E-state index in [2.05, 4.69) is 40.4 Å². The highest BCUT2D eigenvalue weighted by atomic mass is 16.5. The van der Waals surface area contributed by atoms with Gasteiger partial charge in [-0.05, 0) is 57.1 Å². The van der Waals surface area contributed by atoms with Crippen molar-refractivity contribution in [1.29, 1.82) is 0 Å². The Morgan fingerprint density at radius 2 is 2.04 bits per heavy atom. The highest BCUT2D eigenvalue weighted by Crippen LogP contribution is 2.29. The van der Waals surface area contributed by atoms with Crippen molar-refractivity contribution in [2.24, 2.45) is 10.9 Å². The summed E-state index contributed by atoms with van der Waals surface area (Å²) < 4.78 is 5.70. The van der Waals surface area contributed by atoms with E-state index in [0.717, 1.165) is 36.5 Å². The number of ether oxygens (including phenoxy) is 1. The van der Waals surface area contributed by atoms with Crippen molar-refractivity contribution >= 4 is 5.96 Å². The molecule has 1 aromatic heterocycles. The van der Waals surface area contributed by atoms with Gasteiger partial charge in [-0.25, -0.2) is 9.98 Å². The van der Waals surface area contributed by atoms with Crippen molar-refractivity contribution in [2.45, 2.75) is 58.5 Å². The zero-order valence-electron chi connectivity index (χ0n) is 16.9. The molecular formula is C21H35N5O. The molecule has 150 valence electrons. The molecule has 0 bridgehead atoms. The molecule has 1 aliphatic carbocycles. The number of nitrogens with zero attached hydrogens (tertiary/aromatic N) is 3. The van der Waals surface area contributed by atoms with Gasteiger partial charge in [-0.2, -0.15) is 0 Å². The fourth-order valence-electron chi connectivity index (χ4n) is 3.38. The van der Waals surface area contributed by atoms with Gasteiger partial charge in [0.05, 0.1) is 13.2 Å². The van der Waals surface area contributed by atoms with Crippen molar-refractivity contribution in [1.82, 2.24) is 20.5 Å². The molecular weight excluding hydrogens is 338 g/mol. The van der Waals surface area contributed by atoms with Gasteiger partial charge in [-0.1, -0.05) is 13.0 Å². The van der Waals surface area contributed by atoms with Crippen molar-refractivity contribution < 1.29 is 4.74 Å². The fraction of sp³-hybridized carbons (Fsp3) is 0.714. The van der Waals surface area contributed by atoms with Crippen LogP contribution < -0.4 is 15.4 Å². The molecule has 0 radical (unpaired) electrons. The van der Waals surface area contributed by atoms with Crippen LogP contribution in [-0.4, -0.2) is 54.7 Å². The van der Waals surface area contributed by atoms with Crippen molar-refractivity contribution in [3.63, 3.8) is 0 Å². The van der Waals surface area contributed by atoms with Crippen molar-refractivity contribution in [3.05, 3.63) is 23.9 Å². The first-order valence-corrected chi connectivity index (χ1v) is 10.6. The Hall–Kier alpha value is -1.82. The standard InChI is InChI=1S/C21H35N5O/c1-3-11-26-12-9-19(10-13-26)25-21(22-4-2)24-15-18-7-8-20(23-14-18)27-16-17-5-6-17/h7-8,14,17,19H,3-6,9-13,15-16H2,1-2H3,(H2,22,24,25). The lowest BCUT2D eigenvalue weighted by atomic mass is 10.1. The molecule has 1 aromatic rings. The molecule has 6 nitrogen and oxygen atoms in total. The summed E-state index contributed by atoms with van der Waals surface area (Å²) in [4.78, 5) is 11.7. The monoisotopic (exact) mass is 373 g/mol. The summed E-state index contributed by atoms with van der Waals surface area (Å²) in [5.74, 6) is 2.37.